The maximum absolute atomic E-state index is 12.8. The molecular formula is C23H18ClN3O2S2. The van der Waals surface area contributed by atoms with Gasteiger partial charge < -0.3 is 10.1 Å². The van der Waals surface area contributed by atoms with Crippen LogP contribution in [-0.2, 0) is 0 Å². The molecule has 0 unspecified atom stereocenters. The van der Waals surface area contributed by atoms with E-state index in [0.29, 0.717) is 22.0 Å². The fourth-order valence-electron chi connectivity index (χ4n) is 3.22. The van der Waals surface area contributed by atoms with Crippen LogP contribution in [0, 0.1) is 6.92 Å². The molecule has 31 heavy (non-hydrogen) atoms. The molecule has 1 aromatic heterocycles. The number of methoxy groups -OCH3 is 1. The second-order valence-electron chi connectivity index (χ2n) is 6.74. The summed E-state index contributed by atoms with van der Waals surface area (Å²) >= 11 is 13.2. The average Bonchev–Trinajstić information content (AvgIpc) is 3.18. The standard InChI is InChI=1S/C23H18ClN3O2S2/c1-13-6-5-7-15(20(13)29-2)21(28)27-23(30)26-17-11-10-14(24)12-16(17)22-25-18-8-3-4-9-19(18)31-22/h3-12H,1-2H3,(H2,26,27,28,30). The van der Waals surface area contributed by atoms with Gasteiger partial charge in [-0.3, -0.25) is 10.1 Å². The van der Waals surface area contributed by atoms with E-state index in [4.69, 9.17) is 33.5 Å². The lowest BCUT2D eigenvalue weighted by atomic mass is 10.1. The van der Waals surface area contributed by atoms with E-state index in [-0.39, 0.29) is 11.0 Å². The Hall–Kier alpha value is -3.00. The summed E-state index contributed by atoms with van der Waals surface area (Å²) in [5, 5.41) is 7.37. The first-order valence-electron chi connectivity index (χ1n) is 9.37. The SMILES string of the molecule is COc1c(C)cccc1C(=O)NC(=S)Nc1ccc(Cl)cc1-c1nc2ccccc2s1. The lowest BCUT2D eigenvalue weighted by molar-refractivity contribution is 0.0974. The van der Waals surface area contributed by atoms with Crippen molar-refractivity contribution in [2.24, 2.45) is 0 Å². The summed E-state index contributed by atoms with van der Waals surface area (Å²) < 4.78 is 6.44. The number of halogens is 1. The van der Waals surface area contributed by atoms with Gasteiger partial charge in [0.1, 0.15) is 10.8 Å². The third-order valence-corrected chi connectivity index (χ3v) is 6.15. The van der Waals surface area contributed by atoms with Gasteiger partial charge in [0, 0.05) is 10.6 Å². The van der Waals surface area contributed by atoms with Crippen LogP contribution in [0.1, 0.15) is 15.9 Å². The first kappa shape index (κ1) is 21.2. The molecule has 156 valence electrons. The van der Waals surface area contributed by atoms with E-state index < -0.39 is 0 Å². The maximum Gasteiger partial charge on any atom is 0.261 e. The number of ether oxygens (including phenoxy) is 1. The zero-order valence-corrected chi connectivity index (χ0v) is 19.1. The van der Waals surface area contributed by atoms with Gasteiger partial charge in [0.25, 0.3) is 5.91 Å². The number of amides is 1. The van der Waals surface area contributed by atoms with Crippen LogP contribution in [0.2, 0.25) is 5.02 Å². The highest BCUT2D eigenvalue weighted by atomic mass is 35.5. The molecule has 2 N–H and O–H groups in total. The van der Waals surface area contributed by atoms with Crippen molar-refractivity contribution < 1.29 is 9.53 Å². The second kappa shape index (κ2) is 9.01. The average molecular weight is 468 g/mol. The molecular weight excluding hydrogens is 450 g/mol. The Balaban J connectivity index is 1.59. The van der Waals surface area contributed by atoms with Gasteiger partial charge in [-0.05, 0) is 61.1 Å². The van der Waals surface area contributed by atoms with Crippen molar-refractivity contribution >= 4 is 62.1 Å². The van der Waals surface area contributed by atoms with Crippen LogP contribution in [0.4, 0.5) is 5.69 Å². The quantitative estimate of drug-likeness (QED) is 0.357. The number of hydrogen-bond acceptors (Lipinski definition) is 5. The van der Waals surface area contributed by atoms with Crippen LogP contribution in [0.25, 0.3) is 20.8 Å². The van der Waals surface area contributed by atoms with Crippen molar-refractivity contribution in [3.8, 4) is 16.3 Å². The van der Waals surface area contributed by atoms with Crippen LogP contribution in [0.5, 0.6) is 5.75 Å². The lowest BCUT2D eigenvalue weighted by Crippen LogP contribution is -2.34. The summed E-state index contributed by atoms with van der Waals surface area (Å²) in [5.74, 6) is 0.165. The van der Waals surface area contributed by atoms with Crippen LogP contribution in [0.3, 0.4) is 0 Å². The molecule has 0 aliphatic heterocycles. The Morgan fingerprint density at radius 2 is 1.94 bits per heavy atom. The molecule has 0 aliphatic carbocycles. The van der Waals surface area contributed by atoms with Gasteiger partial charge in [-0.15, -0.1) is 11.3 Å². The molecule has 0 radical (unpaired) electrons. The minimum absolute atomic E-state index is 0.165. The third-order valence-electron chi connectivity index (χ3n) is 4.64. The van der Waals surface area contributed by atoms with E-state index in [1.807, 2.05) is 49.4 Å². The van der Waals surface area contributed by atoms with Gasteiger partial charge in [0.05, 0.1) is 28.6 Å². The van der Waals surface area contributed by atoms with Gasteiger partial charge in [-0.2, -0.15) is 0 Å². The molecule has 1 heterocycles. The molecule has 5 nitrogen and oxygen atoms in total. The first-order chi connectivity index (χ1) is 15.0. The molecule has 0 fully saturated rings. The Morgan fingerprint density at radius 1 is 1.13 bits per heavy atom. The van der Waals surface area contributed by atoms with Gasteiger partial charge in [-0.25, -0.2) is 4.98 Å². The number of hydrogen-bond donors (Lipinski definition) is 2. The van der Waals surface area contributed by atoms with E-state index in [0.717, 1.165) is 26.4 Å². The number of fused-ring (bicyclic) bond motifs is 1. The van der Waals surface area contributed by atoms with Crippen LogP contribution in [-0.4, -0.2) is 23.1 Å². The zero-order chi connectivity index (χ0) is 22.0. The van der Waals surface area contributed by atoms with Crippen LogP contribution in [0.15, 0.2) is 60.7 Å². The highest BCUT2D eigenvalue weighted by molar-refractivity contribution is 7.80. The molecule has 0 spiro atoms. The Bertz CT molecular complexity index is 1270. The highest BCUT2D eigenvalue weighted by Crippen LogP contribution is 2.36. The molecule has 3 aromatic carbocycles. The maximum atomic E-state index is 12.8. The predicted molar refractivity (Wildman–Crippen MR) is 131 cm³/mol. The second-order valence-corrected chi connectivity index (χ2v) is 8.62. The normalized spacial score (nSPS) is 10.7. The van der Waals surface area contributed by atoms with E-state index in [2.05, 4.69) is 10.6 Å². The summed E-state index contributed by atoms with van der Waals surface area (Å²) in [6.07, 6.45) is 0. The van der Waals surface area contributed by atoms with Crippen molar-refractivity contribution in [3.63, 3.8) is 0 Å². The number of benzene rings is 3. The van der Waals surface area contributed by atoms with Gasteiger partial charge >= 0.3 is 0 Å². The number of aromatic nitrogens is 1. The smallest absolute Gasteiger partial charge is 0.261 e. The number of rotatable bonds is 4. The number of nitrogens with zero attached hydrogens (tertiary/aromatic N) is 1. The number of thiazole rings is 1. The van der Waals surface area contributed by atoms with Crippen molar-refractivity contribution in [2.45, 2.75) is 6.92 Å². The molecule has 1 amide bonds. The molecule has 4 rings (SSSR count). The zero-order valence-electron chi connectivity index (χ0n) is 16.7. The fraction of sp³-hybridized carbons (Fsp3) is 0.0870. The largest absolute Gasteiger partial charge is 0.496 e. The van der Waals surface area contributed by atoms with E-state index >= 15 is 0 Å². The number of carbonyl (C=O) groups excluding carboxylic acids is 1. The van der Waals surface area contributed by atoms with Crippen molar-refractivity contribution in [1.82, 2.24) is 10.3 Å². The molecule has 8 heteroatoms. The predicted octanol–water partition coefficient (Wildman–Crippen LogP) is 6.06. The Morgan fingerprint density at radius 3 is 2.71 bits per heavy atom. The number of carbonyl (C=O) groups is 1. The third kappa shape index (κ3) is 4.54. The number of anilines is 1. The van der Waals surface area contributed by atoms with E-state index in [9.17, 15) is 4.79 Å². The summed E-state index contributed by atoms with van der Waals surface area (Å²) in [6, 6.07) is 18.7. The molecule has 0 aliphatic rings. The highest BCUT2D eigenvalue weighted by Gasteiger charge is 2.17. The minimum atomic E-state index is -0.353. The van der Waals surface area contributed by atoms with E-state index in [1.165, 1.54) is 7.11 Å². The molecule has 4 aromatic rings. The number of aryl methyl sites for hydroxylation is 1. The summed E-state index contributed by atoms with van der Waals surface area (Å²) in [6.45, 7) is 1.88. The molecule has 0 bridgehead atoms. The summed E-state index contributed by atoms with van der Waals surface area (Å²) in [4.78, 5) is 17.5. The molecule has 0 atom stereocenters. The molecule has 0 saturated heterocycles. The van der Waals surface area contributed by atoms with Gasteiger partial charge in [0.2, 0.25) is 0 Å². The number of para-hydroxylation sites is 2. The Labute approximate surface area is 194 Å². The van der Waals surface area contributed by atoms with Crippen LogP contribution >= 0.6 is 35.2 Å². The monoisotopic (exact) mass is 467 g/mol. The fourth-order valence-corrected chi connectivity index (χ4v) is 4.59. The van der Waals surface area contributed by atoms with Gasteiger partial charge in [0.15, 0.2) is 5.11 Å². The number of thiocarbonyl (C=S) groups is 1. The number of nitrogens with one attached hydrogen (secondary N) is 2. The van der Waals surface area contributed by atoms with Crippen molar-refractivity contribution in [1.29, 1.82) is 0 Å². The summed E-state index contributed by atoms with van der Waals surface area (Å²) in [5.41, 5.74) is 3.69. The first-order valence-corrected chi connectivity index (χ1v) is 11.0. The minimum Gasteiger partial charge on any atom is -0.496 e. The van der Waals surface area contributed by atoms with Crippen molar-refractivity contribution in [2.75, 3.05) is 12.4 Å². The molecule has 0 saturated carbocycles. The van der Waals surface area contributed by atoms with Crippen LogP contribution < -0.4 is 15.4 Å². The topological polar surface area (TPSA) is 63.2 Å². The lowest BCUT2D eigenvalue weighted by Gasteiger charge is -2.14. The van der Waals surface area contributed by atoms with Crippen molar-refractivity contribution in [3.05, 3.63) is 76.8 Å². The van der Waals surface area contributed by atoms with Gasteiger partial charge in [-0.1, -0.05) is 35.9 Å². The Kier molecular flexibility index (Phi) is 6.18. The summed E-state index contributed by atoms with van der Waals surface area (Å²) in [7, 11) is 1.54. The van der Waals surface area contributed by atoms with E-state index in [1.54, 1.807) is 29.5 Å².